The summed E-state index contributed by atoms with van der Waals surface area (Å²) < 4.78 is 47.1. The molecule has 0 saturated heterocycles. The minimum atomic E-state index is -2.62. The minimum absolute atomic E-state index is 0.0269. The smallest absolute Gasteiger partial charge is 0.320 e. The number of nitrogens with two attached hydrogens (primary N) is 4. The Morgan fingerprint density at radius 3 is 1.08 bits per heavy atom. The largest absolute Gasteiger partial charge is 0.480 e. The number of hydrogen-bond donors (Lipinski definition) is 6. The van der Waals surface area contributed by atoms with Gasteiger partial charge in [-0.25, -0.2) is 17.6 Å². The number of carboxylic acid groups (broad SMARTS) is 2. The Labute approximate surface area is 136 Å². The second-order valence-corrected chi connectivity index (χ2v) is 5.04. The summed E-state index contributed by atoms with van der Waals surface area (Å²) in [5.41, 5.74) is 20.1. The molecule has 24 heavy (non-hydrogen) atoms. The highest BCUT2D eigenvalue weighted by Gasteiger charge is 2.19. The Kier molecular flexibility index (Phi) is 13.3. The molecule has 0 rings (SSSR count). The number of aliphatic carboxylic acids is 2. The number of halogens is 4. The van der Waals surface area contributed by atoms with Gasteiger partial charge in [-0.1, -0.05) is 0 Å². The lowest BCUT2D eigenvalue weighted by molar-refractivity contribution is -0.139. The van der Waals surface area contributed by atoms with Crippen LogP contribution in [0.5, 0.6) is 0 Å². The van der Waals surface area contributed by atoms with Crippen molar-refractivity contribution >= 4 is 11.9 Å². The zero-order valence-electron chi connectivity index (χ0n) is 12.8. The molecule has 3 unspecified atom stereocenters. The van der Waals surface area contributed by atoms with Crippen LogP contribution < -0.4 is 22.9 Å². The molecule has 0 saturated carbocycles. The molecule has 0 aliphatic heterocycles. The molecule has 0 fully saturated rings. The summed E-state index contributed by atoms with van der Waals surface area (Å²) in [5, 5.41) is 16.6. The van der Waals surface area contributed by atoms with E-state index in [9.17, 15) is 27.2 Å². The average Bonchev–Trinajstić information content (AvgIpc) is 2.49. The maximum atomic E-state index is 11.8. The molecule has 0 aliphatic rings. The van der Waals surface area contributed by atoms with E-state index in [0.717, 1.165) is 0 Å². The third-order valence-corrected chi connectivity index (χ3v) is 2.90. The van der Waals surface area contributed by atoms with E-state index in [1.54, 1.807) is 0 Å². The van der Waals surface area contributed by atoms with Crippen LogP contribution in [0.1, 0.15) is 25.7 Å². The van der Waals surface area contributed by atoms with E-state index in [1.165, 1.54) is 0 Å². The summed E-state index contributed by atoms with van der Waals surface area (Å²) in [6.45, 7) is 0. The number of rotatable bonds is 10. The zero-order chi connectivity index (χ0) is 19.4. The SMILES string of the molecule is NC(CCC(N)C(F)F)C(=O)O.NC(CC[C@H](N)C(=O)O)C(F)F. The van der Waals surface area contributed by atoms with Crippen molar-refractivity contribution in [1.29, 1.82) is 0 Å². The Morgan fingerprint density at radius 1 is 0.667 bits per heavy atom. The van der Waals surface area contributed by atoms with Crippen LogP contribution in [0.25, 0.3) is 0 Å². The Bertz CT molecular complexity index is 343. The Hall–Kier alpha value is -1.50. The molecule has 0 aromatic rings. The molecule has 4 atom stereocenters. The average molecular weight is 364 g/mol. The molecule has 0 spiro atoms. The number of carboxylic acids is 2. The number of carbonyl (C=O) groups is 2. The van der Waals surface area contributed by atoms with Gasteiger partial charge in [0.2, 0.25) is 0 Å². The second-order valence-electron chi connectivity index (χ2n) is 5.04. The highest BCUT2D eigenvalue weighted by molar-refractivity contribution is 5.73. The highest BCUT2D eigenvalue weighted by atomic mass is 19.3. The Morgan fingerprint density at radius 2 is 0.917 bits per heavy atom. The highest BCUT2D eigenvalue weighted by Crippen LogP contribution is 2.07. The molecule has 0 aromatic carbocycles. The van der Waals surface area contributed by atoms with E-state index in [4.69, 9.17) is 33.1 Å². The molecule has 10 N–H and O–H groups in total. The molecular weight excluding hydrogens is 340 g/mol. The normalized spacial score (nSPS) is 16.1. The lowest BCUT2D eigenvalue weighted by atomic mass is 10.1. The maximum absolute atomic E-state index is 11.8. The fraction of sp³-hybridized carbons (Fsp3) is 0.833. The van der Waals surface area contributed by atoms with Gasteiger partial charge >= 0.3 is 11.9 Å². The first-order valence-electron chi connectivity index (χ1n) is 6.94. The van der Waals surface area contributed by atoms with Gasteiger partial charge in [0, 0.05) is 0 Å². The molecule has 0 aliphatic carbocycles. The summed E-state index contributed by atoms with van der Waals surface area (Å²) in [4.78, 5) is 20.3. The van der Waals surface area contributed by atoms with Gasteiger partial charge in [0.05, 0.1) is 12.1 Å². The molecule has 144 valence electrons. The van der Waals surface area contributed by atoms with Crippen molar-refractivity contribution in [2.75, 3.05) is 0 Å². The van der Waals surface area contributed by atoms with Crippen LogP contribution in [0.4, 0.5) is 17.6 Å². The van der Waals surface area contributed by atoms with Crippen molar-refractivity contribution in [3.05, 3.63) is 0 Å². The van der Waals surface area contributed by atoms with Gasteiger partial charge in [0.25, 0.3) is 12.9 Å². The molecule has 0 aromatic heterocycles. The second kappa shape index (κ2) is 12.9. The van der Waals surface area contributed by atoms with Crippen LogP contribution in [0.15, 0.2) is 0 Å². The maximum Gasteiger partial charge on any atom is 0.320 e. The van der Waals surface area contributed by atoms with Crippen LogP contribution in [0, 0.1) is 0 Å². The van der Waals surface area contributed by atoms with Crippen molar-refractivity contribution < 1.29 is 37.4 Å². The van der Waals surface area contributed by atoms with E-state index in [-0.39, 0.29) is 25.7 Å². The van der Waals surface area contributed by atoms with E-state index in [2.05, 4.69) is 0 Å². The van der Waals surface area contributed by atoms with Gasteiger partial charge in [-0.2, -0.15) is 0 Å². The van der Waals surface area contributed by atoms with Gasteiger partial charge in [-0.3, -0.25) is 9.59 Å². The quantitative estimate of drug-likeness (QED) is 0.282. The minimum Gasteiger partial charge on any atom is -0.480 e. The van der Waals surface area contributed by atoms with Crippen molar-refractivity contribution in [3.63, 3.8) is 0 Å². The van der Waals surface area contributed by atoms with Crippen molar-refractivity contribution in [1.82, 2.24) is 0 Å². The summed E-state index contributed by atoms with van der Waals surface area (Å²) in [7, 11) is 0. The van der Waals surface area contributed by atoms with Crippen LogP contribution in [-0.4, -0.2) is 59.2 Å². The summed E-state index contributed by atoms with van der Waals surface area (Å²) in [6, 6.07) is -4.77. The van der Waals surface area contributed by atoms with Gasteiger partial charge < -0.3 is 33.1 Å². The first kappa shape index (κ1) is 24.7. The molecule has 0 radical (unpaired) electrons. The third-order valence-electron chi connectivity index (χ3n) is 2.90. The predicted octanol–water partition coefficient (Wildman–Crippen LogP) is -0.458. The van der Waals surface area contributed by atoms with E-state index >= 15 is 0 Å². The predicted molar refractivity (Wildman–Crippen MR) is 77.6 cm³/mol. The lowest BCUT2D eigenvalue weighted by Crippen LogP contribution is -2.35. The van der Waals surface area contributed by atoms with Crippen molar-refractivity contribution in [2.45, 2.75) is 62.7 Å². The van der Waals surface area contributed by atoms with Gasteiger partial charge in [-0.15, -0.1) is 0 Å². The van der Waals surface area contributed by atoms with Gasteiger partial charge in [0.15, 0.2) is 0 Å². The fourth-order valence-electron chi connectivity index (χ4n) is 1.24. The number of hydrogen-bond acceptors (Lipinski definition) is 6. The first-order valence-corrected chi connectivity index (χ1v) is 6.94. The topological polar surface area (TPSA) is 179 Å². The summed E-state index contributed by atoms with van der Waals surface area (Å²) >= 11 is 0. The van der Waals surface area contributed by atoms with Gasteiger partial charge in [0.1, 0.15) is 12.1 Å². The number of alkyl halides is 4. The van der Waals surface area contributed by atoms with Crippen LogP contribution >= 0.6 is 0 Å². The summed E-state index contributed by atoms with van der Waals surface area (Å²) in [6.07, 6.45) is -5.45. The van der Waals surface area contributed by atoms with Crippen LogP contribution in [0.3, 0.4) is 0 Å². The standard InChI is InChI=1S/2C6H12F2N2O2/c2*7-5(8)3(9)1-2-4(10)6(11)12/h2*3-5H,1-2,9-10H2,(H,11,12)/t3?,4-;/m0./s1. The first-order chi connectivity index (χ1) is 10.9. The third kappa shape index (κ3) is 13.0. The van der Waals surface area contributed by atoms with E-state index < -0.39 is 49.0 Å². The molecule has 0 bridgehead atoms. The van der Waals surface area contributed by atoms with Crippen molar-refractivity contribution in [2.24, 2.45) is 22.9 Å². The molecule has 8 nitrogen and oxygen atoms in total. The summed E-state index contributed by atoms with van der Waals surface area (Å²) in [5.74, 6) is -2.40. The zero-order valence-corrected chi connectivity index (χ0v) is 12.8. The lowest BCUT2D eigenvalue weighted by Gasteiger charge is -2.11. The fourth-order valence-corrected chi connectivity index (χ4v) is 1.24. The molecule has 12 heteroatoms. The Balaban J connectivity index is 0. The van der Waals surface area contributed by atoms with E-state index in [1.807, 2.05) is 0 Å². The van der Waals surface area contributed by atoms with Crippen LogP contribution in [-0.2, 0) is 9.59 Å². The van der Waals surface area contributed by atoms with Crippen LogP contribution in [0.2, 0.25) is 0 Å². The molecule has 0 heterocycles. The molecule has 0 amide bonds. The van der Waals surface area contributed by atoms with Gasteiger partial charge in [-0.05, 0) is 25.7 Å². The molecular formula is C12H24F4N4O4. The van der Waals surface area contributed by atoms with E-state index in [0.29, 0.717) is 0 Å². The van der Waals surface area contributed by atoms with Crippen molar-refractivity contribution in [3.8, 4) is 0 Å². The monoisotopic (exact) mass is 364 g/mol.